The molecule has 0 amide bonds. The Balaban J connectivity index is 2.62. The van der Waals surface area contributed by atoms with Crippen molar-refractivity contribution in [2.45, 2.75) is 32.7 Å². The maximum Gasteiger partial charge on any atom is 0.254 e. The number of thiophene rings is 1. The van der Waals surface area contributed by atoms with E-state index in [1.54, 1.807) is 22.0 Å². The molecule has 5 heteroatoms. The quantitative estimate of drug-likeness (QED) is 0.787. The molecule has 2 aromatic rings. The monoisotopic (exact) mass is 309 g/mol. The minimum Gasteiger partial charge on any atom is -0.304 e. The lowest BCUT2D eigenvalue weighted by Gasteiger charge is -2.19. The molecule has 20 heavy (non-hydrogen) atoms. The summed E-state index contributed by atoms with van der Waals surface area (Å²) in [5.41, 5.74) is 1.22. The van der Waals surface area contributed by atoms with Gasteiger partial charge in [0.05, 0.1) is 17.0 Å². The second-order valence-corrected chi connectivity index (χ2v) is 6.05. The number of aromatic nitrogens is 1. The summed E-state index contributed by atoms with van der Waals surface area (Å²) in [5, 5.41) is 1.47. The van der Waals surface area contributed by atoms with Crippen molar-refractivity contribution in [2.75, 3.05) is 0 Å². The van der Waals surface area contributed by atoms with Crippen molar-refractivity contribution in [3.05, 3.63) is 45.6 Å². The molecule has 0 aliphatic heterocycles. The second kappa shape index (κ2) is 6.37. The average molecular weight is 310 g/mol. The van der Waals surface area contributed by atoms with Gasteiger partial charge in [0.15, 0.2) is 0 Å². The first-order valence-corrected chi connectivity index (χ1v) is 7.77. The van der Waals surface area contributed by atoms with Crippen LogP contribution in [0.15, 0.2) is 34.4 Å². The third kappa shape index (κ3) is 3.02. The lowest BCUT2D eigenvalue weighted by atomic mass is 10.1. The SMILES string of the molecule is CCC(C)n1c(-c2cccs2)ccc(CC(=O)Cl)c1=O. The Morgan fingerprint density at radius 2 is 2.15 bits per heavy atom. The van der Waals surface area contributed by atoms with Gasteiger partial charge in [-0.15, -0.1) is 11.3 Å². The Bertz CT molecular complexity index is 661. The van der Waals surface area contributed by atoms with E-state index in [9.17, 15) is 9.59 Å². The molecule has 2 aromatic heterocycles. The molecule has 0 spiro atoms. The van der Waals surface area contributed by atoms with Gasteiger partial charge < -0.3 is 4.57 Å². The lowest BCUT2D eigenvalue weighted by molar-refractivity contribution is -0.111. The fraction of sp³-hybridized carbons (Fsp3) is 0.333. The van der Waals surface area contributed by atoms with Crippen LogP contribution in [0.25, 0.3) is 10.6 Å². The summed E-state index contributed by atoms with van der Waals surface area (Å²) in [6, 6.07) is 7.63. The molecular weight excluding hydrogens is 294 g/mol. The van der Waals surface area contributed by atoms with E-state index in [0.717, 1.165) is 17.0 Å². The van der Waals surface area contributed by atoms with E-state index < -0.39 is 5.24 Å². The number of rotatable bonds is 5. The Morgan fingerprint density at radius 1 is 1.40 bits per heavy atom. The summed E-state index contributed by atoms with van der Waals surface area (Å²) in [5.74, 6) is 0. The van der Waals surface area contributed by atoms with Gasteiger partial charge >= 0.3 is 0 Å². The van der Waals surface area contributed by atoms with E-state index in [1.165, 1.54) is 0 Å². The molecule has 0 fully saturated rings. The number of pyridine rings is 1. The van der Waals surface area contributed by atoms with Crippen LogP contribution in [0.5, 0.6) is 0 Å². The molecule has 3 nitrogen and oxygen atoms in total. The highest BCUT2D eigenvalue weighted by Crippen LogP contribution is 2.26. The molecule has 0 radical (unpaired) electrons. The van der Waals surface area contributed by atoms with E-state index in [1.807, 2.05) is 37.4 Å². The van der Waals surface area contributed by atoms with Crippen LogP contribution in [-0.2, 0) is 11.2 Å². The first-order chi connectivity index (χ1) is 9.54. The third-order valence-corrected chi connectivity index (χ3v) is 4.36. The van der Waals surface area contributed by atoms with Gasteiger partial charge in [0.2, 0.25) is 5.24 Å². The van der Waals surface area contributed by atoms with Crippen molar-refractivity contribution in [1.29, 1.82) is 0 Å². The van der Waals surface area contributed by atoms with E-state index in [2.05, 4.69) is 0 Å². The van der Waals surface area contributed by atoms with Crippen LogP contribution in [0.1, 0.15) is 31.9 Å². The fourth-order valence-corrected chi connectivity index (χ4v) is 3.02. The minimum atomic E-state index is -0.512. The van der Waals surface area contributed by atoms with Gasteiger partial charge in [-0.2, -0.15) is 0 Å². The predicted molar refractivity (Wildman–Crippen MR) is 83.6 cm³/mol. The first kappa shape index (κ1) is 15.0. The normalized spacial score (nSPS) is 12.3. The smallest absolute Gasteiger partial charge is 0.254 e. The molecule has 0 saturated heterocycles. The van der Waals surface area contributed by atoms with Crippen molar-refractivity contribution < 1.29 is 4.79 Å². The maximum atomic E-state index is 12.6. The molecule has 0 saturated carbocycles. The zero-order valence-electron chi connectivity index (χ0n) is 11.4. The van der Waals surface area contributed by atoms with E-state index >= 15 is 0 Å². The molecule has 106 valence electrons. The molecule has 2 rings (SSSR count). The highest BCUT2D eigenvalue weighted by molar-refractivity contribution is 7.13. The topological polar surface area (TPSA) is 39.1 Å². The summed E-state index contributed by atoms with van der Waals surface area (Å²) < 4.78 is 1.76. The van der Waals surface area contributed by atoms with Crippen molar-refractivity contribution in [1.82, 2.24) is 4.57 Å². The number of carbonyl (C=O) groups is 1. The molecule has 0 bridgehead atoms. The molecule has 0 N–H and O–H groups in total. The average Bonchev–Trinajstić information content (AvgIpc) is 2.93. The van der Waals surface area contributed by atoms with Crippen LogP contribution in [0, 0.1) is 0 Å². The number of hydrogen-bond acceptors (Lipinski definition) is 3. The molecule has 1 atom stereocenters. The molecule has 1 unspecified atom stereocenters. The minimum absolute atomic E-state index is 0.0262. The molecule has 0 aliphatic rings. The van der Waals surface area contributed by atoms with Crippen molar-refractivity contribution in [3.63, 3.8) is 0 Å². The fourth-order valence-electron chi connectivity index (χ4n) is 2.12. The summed E-state index contributed by atoms with van der Waals surface area (Å²) in [6.07, 6.45) is 0.818. The zero-order chi connectivity index (χ0) is 14.7. The third-order valence-electron chi connectivity index (χ3n) is 3.33. The zero-order valence-corrected chi connectivity index (χ0v) is 13.0. The Hall–Kier alpha value is -1.39. The van der Waals surface area contributed by atoms with Crippen molar-refractivity contribution in [2.24, 2.45) is 0 Å². The number of halogens is 1. The number of carbonyl (C=O) groups excluding carboxylic acids is 1. The van der Waals surface area contributed by atoms with Gasteiger partial charge in [0.1, 0.15) is 0 Å². The van der Waals surface area contributed by atoms with Gasteiger partial charge in [-0.05, 0) is 42.5 Å². The van der Waals surface area contributed by atoms with Crippen molar-refractivity contribution in [3.8, 4) is 10.6 Å². The van der Waals surface area contributed by atoms with Crippen molar-refractivity contribution >= 4 is 28.2 Å². The van der Waals surface area contributed by atoms with Crippen LogP contribution < -0.4 is 5.56 Å². The van der Waals surface area contributed by atoms with Crippen LogP contribution in [0.2, 0.25) is 0 Å². The highest BCUT2D eigenvalue weighted by Gasteiger charge is 2.16. The largest absolute Gasteiger partial charge is 0.304 e. The second-order valence-electron chi connectivity index (χ2n) is 4.69. The number of nitrogens with zero attached hydrogens (tertiary/aromatic N) is 1. The van der Waals surface area contributed by atoms with Crippen LogP contribution in [0.3, 0.4) is 0 Å². The summed E-state index contributed by atoms with van der Waals surface area (Å²) >= 11 is 7.00. The summed E-state index contributed by atoms with van der Waals surface area (Å²) in [6.45, 7) is 4.04. The van der Waals surface area contributed by atoms with Gasteiger partial charge in [0.25, 0.3) is 5.56 Å². The van der Waals surface area contributed by atoms with Gasteiger partial charge in [-0.25, -0.2) is 0 Å². The van der Waals surface area contributed by atoms with Gasteiger partial charge in [-0.1, -0.05) is 19.1 Å². The van der Waals surface area contributed by atoms with E-state index in [4.69, 9.17) is 11.6 Å². The van der Waals surface area contributed by atoms with E-state index in [-0.39, 0.29) is 18.0 Å². The molecule has 0 aromatic carbocycles. The van der Waals surface area contributed by atoms with Gasteiger partial charge in [-0.3, -0.25) is 9.59 Å². The Labute approximate surface area is 126 Å². The first-order valence-electron chi connectivity index (χ1n) is 6.51. The molecular formula is C15H16ClNO2S. The number of hydrogen-bond donors (Lipinski definition) is 0. The highest BCUT2D eigenvalue weighted by atomic mass is 35.5. The standard InChI is InChI=1S/C15H16ClNO2S/c1-3-10(2)17-12(13-5-4-8-20-13)7-6-11(15(17)19)9-14(16)18/h4-8,10H,3,9H2,1-2H3. The summed E-state index contributed by atoms with van der Waals surface area (Å²) in [7, 11) is 0. The summed E-state index contributed by atoms with van der Waals surface area (Å²) in [4.78, 5) is 24.7. The molecule has 2 heterocycles. The predicted octanol–water partition coefficient (Wildman–Crippen LogP) is 3.86. The van der Waals surface area contributed by atoms with Crippen LogP contribution in [-0.4, -0.2) is 9.81 Å². The maximum absolute atomic E-state index is 12.6. The van der Waals surface area contributed by atoms with E-state index in [0.29, 0.717) is 5.56 Å². The van der Waals surface area contributed by atoms with Crippen LogP contribution in [0.4, 0.5) is 0 Å². The Kier molecular flexibility index (Phi) is 4.78. The van der Waals surface area contributed by atoms with Crippen LogP contribution >= 0.6 is 22.9 Å². The van der Waals surface area contributed by atoms with Gasteiger partial charge in [0, 0.05) is 11.6 Å². The Morgan fingerprint density at radius 3 is 2.70 bits per heavy atom. The lowest BCUT2D eigenvalue weighted by Crippen LogP contribution is -2.28. The molecule has 0 aliphatic carbocycles.